The van der Waals surface area contributed by atoms with Crippen LogP contribution in [0.15, 0.2) is 32.3 Å². The van der Waals surface area contributed by atoms with Crippen molar-refractivity contribution in [1.29, 1.82) is 0 Å². The van der Waals surface area contributed by atoms with E-state index in [9.17, 15) is 14.7 Å². The fourth-order valence-electron chi connectivity index (χ4n) is 2.52. The van der Waals surface area contributed by atoms with Crippen LogP contribution < -0.4 is 10.6 Å². The Bertz CT molecular complexity index is 716. The van der Waals surface area contributed by atoms with Gasteiger partial charge in [0, 0.05) is 15.7 Å². The number of ether oxygens (including phenoxy) is 1. The highest BCUT2D eigenvalue weighted by molar-refractivity contribution is 9.11. The maximum atomic E-state index is 12.5. The summed E-state index contributed by atoms with van der Waals surface area (Å²) >= 11 is 6.63. The van der Waals surface area contributed by atoms with Crippen molar-refractivity contribution in [2.45, 2.75) is 26.8 Å². The number of phenols is 1. The van der Waals surface area contributed by atoms with E-state index < -0.39 is 18.0 Å². The molecule has 0 spiro atoms. The second kappa shape index (κ2) is 7.57. The van der Waals surface area contributed by atoms with Crippen LogP contribution in [0, 0.1) is 5.92 Å². The lowest BCUT2D eigenvalue weighted by Crippen LogP contribution is -2.47. The van der Waals surface area contributed by atoms with Crippen LogP contribution in [0.1, 0.15) is 32.4 Å². The van der Waals surface area contributed by atoms with E-state index in [-0.39, 0.29) is 23.8 Å². The first kappa shape index (κ1) is 18.8. The molecule has 1 unspecified atom stereocenters. The zero-order valence-corrected chi connectivity index (χ0v) is 16.6. The first-order valence-electron chi connectivity index (χ1n) is 7.42. The van der Waals surface area contributed by atoms with Gasteiger partial charge in [-0.25, -0.2) is 9.59 Å². The minimum absolute atomic E-state index is 0.0460. The van der Waals surface area contributed by atoms with Crippen LogP contribution >= 0.6 is 31.9 Å². The maximum absolute atomic E-state index is 12.5. The molecule has 0 saturated heterocycles. The first-order chi connectivity index (χ1) is 11.3. The van der Waals surface area contributed by atoms with E-state index in [4.69, 9.17) is 4.74 Å². The third-order valence-electron chi connectivity index (χ3n) is 3.54. The monoisotopic (exact) mass is 460 g/mol. The van der Waals surface area contributed by atoms with Gasteiger partial charge in [0.15, 0.2) is 0 Å². The molecule has 0 aromatic heterocycles. The highest BCUT2D eigenvalue weighted by Crippen LogP contribution is 2.40. The zero-order valence-electron chi connectivity index (χ0n) is 13.4. The standard InChI is InChI=1S/C16H18Br2N2O4/c1-4-24-15(22)11-12(7(2)3)19-16(23)20-13(11)9-5-8(17)6-10(18)14(9)21/h5-7,13,21H,4H2,1-3H3,(H2,19,20,23). The molecule has 24 heavy (non-hydrogen) atoms. The minimum Gasteiger partial charge on any atom is -0.506 e. The van der Waals surface area contributed by atoms with Crippen molar-refractivity contribution in [2.24, 2.45) is 5.92 Å². The molecule has 3 N–H and O–H groups in total. The molecule has 1 aliphatic heterocycles. The van der Waals surface area contributed by atoms with E-state index in [0.29, 0.717) is 20.2 Å². The number of rotatable bonds is 4. The quantitative estimate of drug-likeness (QED) is 0.596. The van der Waals surface area contributed by atoms with E-state index in [1.165, 1.54) is 0 Å². The Morgan fingerprint density at radius 1 is 1.38 bits per heavy atom. The van der Waals surface area contributed by atoms with Crippen LogP contribution in [0.25, 0.3) is 0 Å². The predicted molar refractivity (Wildman–Crippen MR) is 96.4 cm³/mol. The summed E-state index contributed by atoms with van der Waals surface area (Å²) in [7, 11) is 0. The lowest BCUT2D eigenvalue weighted by atomic mass is 9.91. The number of phenolic OH excluding ortho intramolecular Hbond substituents is 1. The molecule has 1 aliphatic rings. The van der Waals surface area contributed by atoms with E-state index in [0.717, 1.165) is 0 Å². The summed E-state index contributed by atoms with van der Waals surface area (Å²) in [6, 6.07) is 2.09. The molecular formula is C16H18Br2N2O4. The largest absolute Gasteiger partial charge is 0.506 e. The molecule has 1 aromatic rings. The molecule has 1 heterocycles. The van der Waals surface area contributed by atoms with E-state index in [2.05, 4.69) is 42.5 Å². The van der Waals surface area contributed by atoms with Gasteiger partial charge in [-0.05, 0) is 40.9 Å². The lowest BCUT2D eigenvalue weighted by Gasteiger charge is -2.31. The van der Waals surface area contributed by atoms with Crippen molar-refractivity contribution in [3.05, 3.63) is 37.9 Å². The Balaban J connectivity index is 2.67. The molecule has 2 rings (SSSR count). The second-order valence-corrected chi connectivity index (χ2v) is 7.33. The predicted octanol–water partition coefficient (Wildman–Crippen LogP) is 3.74. The van der Waals surface area contributed by atoms with Crippen molar-refractivity contribution in [3.63, 3.8) is 0 Å². The van der Waals surface area contributed by atoms with Gasteiger partial charge in [0.05, 0.1) is 22.7 Å². The van der Waals surface area contributed by atoms with Crippen molar-refractivity contribution in [2.75, 3.05) is 6.61 Å². The number of allylic oxidation sites excluding steroid dienone is 1. The van der Waals surface area contributed by atoms with Gasteiger partial charge < -0.3 is 20.5 Å². The van der Waals surface area contributed by atoms with Crippen LogP contribution in [-0.4, -0.2) is 23.7 Å². The van der Waals surface area contributed by atoms with Crippen molar-refractivity contribution < 1.29 is 19.4 Å². The first-order valence-corrected chi connectivity index (χ1v) is 9.01. The van der Waals surface area contributed by atoms with Crippen molar-refractivity contribution in [1.82, 2.24) is 10.6 Å². The van der Waals surface area contributed by atoms with E-state index >= 15 is 0 Å². The third-order valence-corrected chi connectivity index (χ3v) is 4.61. The number of hydrogen-bond donors (Lipinski definition) is 3. The Kier molecular flexibility index (Phi) is 5.92. The zero-order chi connectivity index (χ0) is 18.0. The molecular weight excluding hydrogens is 444 g/mol. The number of urea groups is 1. The summed E-state index contributed by atoms with van der Waals surface area (Å²) in [5.41, 5.74) is 1.16. The van der Waals surface area contributed by atoms with Crippen LogP contribution in [0.2, 0.25) is 0 Å². The minimum atomic E-state index is -0.816. The smallest absolute Gasteiger partial charge is 0.338 e. The summed E-state index contributed by atoms with van der Waals surface area (Å²) in [4.78, 5) is 24.6. The normalized spacial score (nSPS) is 17.6. The highest BCUT2D eigenvalue weighted by atomic mass is 79.9. The summed E-state index contributed by atoms with van der Waals surface area (Å²) in [5, 5.41) is 15.8. The van der Waals surface area contributed by atoms with Gasteiger partial charge in [0.1, 0.15) is 5.75 Å². The maximum Gasteiger partial charge on any atom is 0.338 e. The van der Waals surface area contributed by atoms with Gasteiger partial charge >= 0.3 is 12.0 Å². The van der Waals surface area contributed by atoms with Crippen LogP contribution in [-0.2, 0) is 9.53 Å². The second-order valence-electron chi connectivity index (χ2n) is 5.56. The summed E-state index contributed by atoms with van der Waals surface area (Å²) in [5.74, 6) is -0.680. The molecule has 1 atom stereocenters. The molecule has 0 radical (unpaired) electrons. The number of amides is 2. The van der Waals surface area contributed by atoms with Crippen LogP contribution in [0.4, 0.5) is 4.79 Å². The highest BCUT2D eigenvalue weighted by Gasteiger charge is 2.36. The van der Waals surface area contributed by atoms with Crippen molar-refractivity contribution in [3.8, 4) is 5.75 Å². The molecule has 0 fully saturated rings. The molecule has 0 bridgehead atoms. The van der Waals surface area contributed by atoms with E-state index in [1.54, 1.807) is 19.1 Å². The Morgan fingerprint density at radius 2 is 2.04 bits per heavy atom. The number of hydrogen-bond acceptors (Lipinski definition) is 4. The summed E-state index contributed by atoms with van der Waals surface area (Å²) in [6.45, 7) is 5.66. The fraction of sp³-hybridized carbons (Fsp3) is 0.375. The average molecular weight is 462 g/mol. The SMILES string of the molecule is CCOC(=O)C1=C(C(C)C)NC(=O)NC1c1cc(Br)cc(Br)c1O. The van der Waals surface area contributed by atoms with Crippen LogP contribution in [0.5, 0.6) is 5.75 Å². The van der Waals surface area contributed by atoms with Crippen molar-refractivity contribution >= 4 is 43.9 Å². The Hall–Kier alpha value is -1.54. The Morgan fingerprint density at radius 3 is 2.62 bits per heavy atom. The molecule has 2 amide bonds. The lowest BCUT2D eigenvalue weighted by molar-refractivity contribution is -0.139. The van der Waals surface area contributed by atoms with E-state index in [1.807, 2.05) is 13.8 Å². The van der Waals surface area contributed by atoms with Gasteiger partial charge in [-0.2, -0.15) is 0 Å². The number of nitrogens with one attached hydrogen (secondary N) is 2. The molecule has 130 valence electrons. The molecule has 6 nitrogen and oxygen atoms in total. The van der Waals surface area contributed by atoms with Crippen LogP contribution in [0.3, 0.4) is 0 Å². The number of aromatic hydroxyl groups is 1. The molecule has 1 aromatic carbocycles. The summed E-state index contributed by atoms with van der Waals surface area (Å²) < 4.78 is 6.31. The molecule has 8 heteroatoms. The number of halogens is 2. The van der Waals surface area contributed by atoms with Gasteiger partial charge in [-0.15, -0.1) is 0 Å². The molecule has 0 saturated carbocycles. The van der Waals surface area contributed by atoms with Gasteiger partial charge in [0.25, 0.3) is 0 Å². The van der Waals surface area contributed by atoms with Gasteiger partial charge in [-0.3, -0.25) is 0 Å². The van der Waals surface area contributed by atoms with Gasteiger partial charge in [0.2, 0.25) is 0 Å². The average Bonchev–Trinajstić information content (AvgIpc) is 2.50. The number of carbonyl (C=O) groups excluding carboxylic acids is 2. The molecule has 0 aliphatic carbocycles. The summed E-state index contributed by atoms with van der Waals surface area (Å²) in [6.07, 6.45) is 0. The Labute approximate surface area is 156 Å². The number of benzene rings is 1. The number of esters is 1. The fourth-order valence-corrected chi connectivity index (χ4v) is 3.77. The topological polar surface area (TPSA) is 87.7 Å². The number of carbonyl (C=O) groups is 2. The van der Waals surface area contributed by atoms with Gasteiger partial charge in [-0.1, -0.05) is 29.8 Å². The third kappa shape index (κ3) is 3.75.